The van der Waals surface area contributed by atoms with Crippen molar-refractivity contribution in [1.29, 1.82) is 0 Å². The highest BCUT2D eigenvalue weighted by Crippen LogP contribution is 2.40. The molecule has 0 spiro atoms. The van der Waals surface area contributed by atoms with Crippen LogP contribution in [0, 0.1) is 0 Å². The Morgan fingerprint density at radius 2 is 1.79 bits per heavy atom. The van der Waals surface area contributed by atoms with Crippen LogP contribution in [0.1, 0.15) is 40.6 Å². The number of alkyl halides is 3. The number of carbonyl (C=O) groups excluding carboxylic acids is 1. The maximum Gasteiger partial charge on any atom is 0.433 e. The van der Waals surface area contributed by atoms with Gasteiger partial charge in [-0.25, -0.2) is 15.0 Å². The second kappa shape index (κ2) is 8.43. The molecule has 0 atom stereocenters. The number of aromatic nitrogens is 5. The lowest BCUT2D eigenvalue weighted by molar-refractivity contribution is -0.141. The summed E-state index contributed by atoms with van der Waals surface area (Å²) in [6, 6.07) is 7.86. The van der Waals surface area contributed by atoms with Crippen LogP contribution in [0.5, 0.6) is 0 Å². The topological polar surface area (TPSA) is 89.3 Å². The summed E-state index contributed by atoms with van der Waals surface area (Å²) in [5, 5.41) is 9.51. The number of nitrogens with zero attached hydrogens (tertiary/aromatic N) is 7. The Labute approximate surface area is 186 Å². The van der Waals surface area contributed by atoms with Crippen LogP contribution >= 0.6 is 0 Å². The van der Waals surface area contributed by atoms with E-state index in [9.17, 15) is 18.0 Å². The van der Waals surface area contributed by atoms with Crippen molar-refractivity contribution in [3.8, 4) is 5.69 Å². The number of hydrogen-bond acceptors (Lipinski definition) is 7. The molecule has 1 aliphatic heterocycles. The Hall–Kier alpha value is -3.54. The van der Waals surface area contributed by atoms with Gasteiger partial charge in [-0.15, -0.1) is 0 Å². The zero-order chi connectivity index (χ0) is 23.0. The van der Waals surface area contributed by atoms with Gasteiger partial charge in [0.2, 0.25) is 0 Å². The first-order valence-electron chi connectivity index (χ1n) is 10.5. The molecule has 12 heteroatoms. The van der Waals surface area contributed by atoms with Crippen molar-refractivity contribution in [3.63, 3.8) is 0 Å². The summed E-state index contributed by atoms with van der Waals surface area (Å²) in [4.78, 5) is 29.9. The van der Waals surface area contributed by atoms with E-state index in [4.69, 9.17) is 4.84 Å². The zero-order valence-corrected chi connectivity index (χ0v) is 17.4. The maximum atomic E-state index is 13.4. The van der Waals surface area contributed by atoms with Gasteiger partial charge in [0.1, 0.15) is 11.5 Å². The van der Waals surface area contributed by atoms with E-state index in [1.54, 1.807) is 29.2 Å². The van der Waals surface area contributed by atoms with Crippen molar-refractivity contribution in [2.45, 2.75) is 24.9 Å². The molecule has 0 N–H and O–H groups in total. The van der Waals surface area contributed by atoms with Crippen LogP contribution < -0.4 is 5.06 Å². The van der Waals surface area contributed by atoms with E-state index < -0.39 is 11.9 Å². The van der Waals surface area contributed by atoms with E-state index >= 15 is 0 Å². The Bertz CT molecular complexity index is 1150. The monoisotopic (exact) mass is 459 g/mol. The van der Waals surface area contributed by atoms with Gasteiger partial charge in [0, 0.05) is 25.1 Å². The van der Waals surface area contributed by atoms with Gasteiger partial charge >= 0.3 is 6.18 Å². The predicted molar refractivity (Wildman–Crippen MR) is 110 cm³/mol. The summed E-state index contributed by atoms with van der Waals surface area (Å²) in [7, 11) is 0. The molecule has 5 rings (SSSR count). The van der Waals surface area contributed by atoms with E-state index in [0.29, 0.717) is 11.3 Å². The maximum absolute atomic E-state index is 13.4. The lowest BCUT2D eigenvalue weighted by atomic mass is 10.1. The average Bonchev–Trinajstić information content (AvgIpc) is 3.58. The number of rotatable bonds is 4. The molecule has 1 aliphatic carbocycles. The molecule has 2 fully saturated rings. The lowest BCUT2D eigenvalue weighted by Crippen LogP contribution is -2.36. The van der Waals surface area contributed by atoms with Crippen LogP contribution in [0.2, 0.25) is 0 Å². The van der Waals surface area contributed by atoms with Gasteiger partial charge in [-0.1, -0.05) is 12.1 Å². The summed E-state index contributed by atoms with van der Waals surface area (Å²) >= 11 is 0. The van der Waals surface area contributed by atoms with Gasteiger partial charge in [-0.2, -0.15) is 28.2 Å². The summed E-state index contributed by atoms with van der Waals surface area (Å²) < 4.78 is 40.1. The fourth-order valence-corrected chi connectivity index (χ4v) is 3.62. The summed E-state index contributed by atoms with van der Waals surface area (Å²) in [5.74, 6) is -0.0647. The van der Waals surface area contributed by atoms with Crippen LogP contribution in [-0.4, -0.2) is 62.0 Å². The van der Waals surface area contributed by atoms with E-state index in [0.717, 1.165) is 18.9 Å². The van der Waals surface area contributed by atoms with Crippen LogP contribution in [-0.2, 0) is 11.0 Å². The molecule has 2 aliphatic rings. The Morgan fingerprint density at radius 1 is 1.03 bits per heavy atom. The average molecular weight is 459 g/mol. The van der Waals surface area contributed by atoms with Gasteiger partial charge in [-0.05, 0) is 25.0 Å². The fraction of sp³-hybridized carbons (Fsp3) is 0.381. The minimum absolute atomic E-state index is 0.0506. The summed E-state index contributed by atoms with van der Waals surface area (Å²) in [5.41, 5.74) is -0.0374. The molecular weight excluding hydrogens is 439 g/mol. The number of anilines is 1. The molecule has 2 aromatic heterocycles. The second-order valence-electron chi connectivity index (χ2n) is 7.80. The highest BCUT2D eigenvalue weighted by molar-refractivity contribution is 5.97. The quantitative estimate of drug-likeness (QED) is 0.593. The van der Waals surface area contributed by atoms with Crippen LogP contribution in [0.3, 0.4) is 0 Å². The number of carbonyl (C=O) groups is 1. The molecule has 1 amide bonds. The molecule has 9 nitrogen and oxygen atoms in total. The van der Waals surface area contributed by atoms with Gasteiger partial charge in [0.25, 0.3) is 5.91 Å². The van der Waals surface area contributed by atoms with Crippen molar-refractivity contribution in [2.75, 3.05) is 31.3 Å². The van der Waals surface area contributed by atoms with Crippen molar-refractivity contribution < 1.29 is 22.8 Å². The smallest absolute Gasteiger partial charge is 0.334 e. The first-order chi connectivity index (χ1) is 15.9. The number of hydrogen-bond donors (Lipinski definition) is 0. The molecule has 1 saturated carbocycles. The first-order valence-corrected chi connectivity index (χ1v) is 10.5. The number of amides is 1. The fourth-order valence-electron chi connectivity index (χ4n) is 3.62. The normalized spacial score (nSPS) is 17.2. The molecule has 0 radical (unpaired) electrons. The van der Waals surface area contributed by atoms with E-state index in [1.807, 2.05) is 0 Å². The minimum atomic E-state index is -4.58. The molecule has 0 bridgehead atoms. The summed E-state index contributed by atoms with van der Waals surface area (Å²) in [6.45, 7) is 0.775. The Kier molecular flexibility index (Phi) is 5.44. The van der Waals surface area contributed by atoms with E-state index in [1.165, 1.54) is 22.3 Å². The highest BCUT2D eigenvalue weighted by atomic mass is 19.4. The Morgan fingerprint density at radius 3 is 2.52 bits per heavy atom. The van der Waals surface area contributed by atoms with Gasteiger partial charge in [0.15, 0.2) is 5.82 Å². The van der Waals surface area contributed by atoms with Crippen LogP contribution in [0.15, 0.2) is 42.7 Å². The molecule has 33 heavy (non-hydrogen) atoms. The third-order valence-electron chi connectivity index (χ3n) is 5.46. The molecule has 1 saturated heterocycles. The molecule has 1 aromatic carbocycles. The third kappa shape index (κ3) is 4.51. The largest absolute Gasteiger partial charge is 0.433 e. The Balaban J connectivity index is 1.36. The number of benzene rings is 1. The van der Waals surface area contributed by atoms with Gasteiger partial charge in [0.05, 0.1) is 36.8 Å². The number of hydroxylamine groups is 1. The van der Waals surface area contributed by atoms with Crippen molar-refractivity contribution in [3.05, 3.63) is 59.8 Å². The predicted octanol–water partition coefficient (Wildman–Crippen LogP) is 2.85. The molecular formula is C21H20F3N7O2. The number of halogens is 3. The SMILES string of the molecule is O=C(c1ccccc1-n1nccn1)N1CCON(c2cc(C(F)(F)F)nc(C3CC3)n2)CC1. The second-order valence-corrected chi connectivity index (χ2v) is 7.80. The molecule has 0 unspecified atom stereocenters. The molecule has 172 valence electrons. The number of para-hydroxylation sites is 1. The first kappa shape index (κ1) is 21.3. The van der Waals surface area contributed by atoms with Crippen molar-refractivity contribution >= 4 is 11.7 Å². The standard InChI is InChI=1S/C21H20F3N7O2/c22-21(23,24)17-13-18(28-19(27-17)14-5-6-14)30-10-9-29(11-12-33-30)20(32)15-3-1-2-4-16(15)31-25-7-8-26-31/h1-4,7-8,13-14H,5-6,9-12H2. The summed E-state index contributed by atoms with van der Waals surface area (Å²) in [6.07, 6.45) is -0.000307. The van der Waals surface area contributed by atoms with Crippen molar-refractivity contribution in [1.82, 2.24) is 29.9 Å². The zero-order valence-electron chi connectivity index (χ0n) is 17.4. The van der Waals surface area contributed by atoms with Gasteiger partial charge in [-0.3, -0.25) is 9.63 Å². The minimum Gasteiger partial charge on any atom is -0.334 e. The molecule has 3 aromatic rings. The highest BCUT2D eigenvalue weighted by Gasteiger charge is 2.37. The van der Waals surface area contributed by atoms with Crippen molar-refractivity contribution in [2.24, 2.45) is 0 Å². The lowest BCUT2D eigenvalue weighted by Gasteiger charge is -2.22. The molecule has 3 heterocycles. The van der Waals surface area contributed by atoms with E-state index in [2.05, 4.69) is 20.2 Å². The van der Waals surface area contributed by atoms with E-state index in [-0.39, 0.29) is 49.7 Å². The van der Waals surface area contributed by atoms with Crippen LogP contribution in [0.25, 0.3) is 5.69 Å². The third-order valence-corrected chi connectivity index (χ3v) is 5.46. The van der Waals surface area contributed by atoms with Crippen LogP contribution in [0.4, 0.5) is 19.0 Å². The van der Waals surface area contributed by atoms with Gasteiger partial charge < -0.3 is 4.90 Å².